The van der Waals surface area contributed by atoms with Gasteiger partial charge in [-0.1, -0.05) is 24.2 Å². The van der Waals surface area contributed by atoms with E-state index in [2.05, 4.69) is 4.90 Å². The highest BCUT2D eigenvalue weighted by Crippen LogP contribution is 2.29. The van der Waals surface area contributed by atoms with Gasteiger partial charge in [-0.3, -0.25) is 4.79 Å². The minimum absolute atomic E-state index is 0.0482. The number of likely N-dealkylation sites (tertiary alicyclic amines) is 1. The number of piperidine rings is 2. The van der Waals surface area contributed by atoms with Crippen LogP contribution < -0.4 is 4.87 Å². The Bertz CT molecular complexity index is 974. The lowest BCUT2D eigenvalue weighted by Crippen LogP contribution is -2.50. The Morgan fingerprint density at radius 3 is 2.59 bits per heavy atom. The molecule has 0 spiro atoms. The zero-order chi connectivity index (χ0) is 19.0. The molecule has 148 valence electrons. The van der Waals surface area contributed by atoms with Crippen LogP contribution in [0, 0.1) is 0 Å². The van der Waals surface area contributed by atoms with E-state index in [9.17, 15) is 13.2 Å². The molecule has 2 aliphatic rings. The molecule has 8 heteroatoms. The van der Waals surface area contributed by atoms with Gasteiger partial charge in [0.25, 0.3) is 0 Å². The molecule has 2 fully saturated rings. The van der Waals surface area contributed by atoms with Crippen LogP contribution in [0.1, 0.15) is 38.5 Å². The summed E-state index contributed by atoms with van der Waals surface area (Å²) in [4.78, 5) is 14.6. The normalized spacial score (nSPS) is 23.1. The number of benzene rings is 1. The van der Waals surface area contributed by atoms with Gasteiger partial charge >= 0.3 is 4.87 Å². The van der Waals surface area contributed by atoms with Gasteiger partial charge in [0.1, 0.15) is 0 Å². The van der Waals surface area contributed by atoms with Crippen LogP contribution in [0.3, 0.4) is 0 Å². The van der Waals surface area contributed by atoms with Crippen LogP contribution in [-0.4, -0.2) is 54.4 Å². The lowest BCUT2D eigenvalue weighted by atomic mass is 10.0. The Kier molecular flexibility index (Phi) is 5.42. The molecule has 0 radical (unpaired) electrons. The average Bonchev–Trinajstić information content (AvgIpc) is 2.96. The molecular weight excluding hydrogens is 382 g/mol. The maximum atomic E-state index is 13.4. The molecule has 3 heterocycles. The number of fused-ring (bicyclic) bond motifs is 1. The Hall–Kier alpha value is -1.22. The molecule has 6 nitrogen and oxygen atoms in total. The third kappa shape index (κ3) is 3.72. The van der Waals surface area contributed by atoms with Gasteiger partial charge in [-0.2, -0.15) is 4.31 Å². The molecule has 27 heavy (non-hydrogen) atoms. The lowest BCUT2D eigenvalue weighted by molar-refractivity contribution is 0.150. The molecule has 0 saturated carbocycles. The van der Waals surface area contributed by atoms with Gasteiger partial charge in [0.15, 0.2) is 0 Å². The monoisotopic (exact) mass is 409 g/mol. The van der Waals surface area contributed by atoms with Gasteiger partial charge in [0.2, 0.25) is 10.0 Å². The van der Waals surface area contributed by atoms with Crippen LogP contribution >= 0.6 is 11.3 Å². The zero-order valence-electron chi connectivity index (χ0n) is 15.8. The number of rotatable bonds is 4. The highest BCUT2D eigenvalue weighted by molar-refractivity contribution is 7.89. The van der Waals surface area contributed by atoms with Crippen molar-refractivity contribution in [2.75, 3.05) is 26.2 Å². The largest absolute Gasteiger partial charge is 0.307 e. The summed E-state index contributed by atoms with van der Waals surface area (Å²) in [5.74, 6) is 0. The van der Waals surface area contributed by atoms with Gasteiger partial charge in [0.05, 0.1) is 15.1 Å². The molecule has 0 aliphatic carbocycles. The van der Waals surface area contributed by atoms with Gasteiger partial charge in [-0.15, -0.1) is 0 Å². The van der Waals surface area contributed by atoms with E-state index < -0.39 is 10.0 Å². The molecule has 1 atom stereocenters. The van der Waals surface area contributed by atoms with Crippen LogP contribution in [0.25, 0.3) is 10.2 Å². The number of hydrogen-bond acceptors (Lipinski definition) is 5. The van der Waals surface area contributed by atoms with Crippen LogP contribution in [0.2, 0.25) is 0 Å². The van der Waals surface area contributed by atoms with E-state index in [0.717, 1.165) is 60.5 Å². The lowest BCUT2D eigenvalue weighted by Gasteiger charge is -2.38. The molecule has 0 amide bonds. The van der Waals surface area contributed by atoms with Crippen molar-refractivity contribution in [2.24, 2.45) is 7.05 Å². The minimum Gasteiger partial charge on any atom is -0.302 e. The summed E-state index contributed by atoms with van der Waals surface area (Å²) in [5, 5.41) is 0. The Morgan fingerprint density at radius 2 is 1.81 bits per heavy atom. The second kappa shape index (κ2) is 7.66. The topological polar surface area (TPSA) is 62.6 Å². The molecule has 0 N–H and O–H groups in total. The van der Waals surface area contributed by atoms with Crippen LogP contribution in [0.4, 0.5) is 0 Å². The molecule has 4 rings (SSSR count). The summed E-state index contributed by atoms with van der Waals surface area (Å²) in [6.45, 7) is 3.58. The number of nitrogens with zero attached hydrogens (tertiary/aromatic N) is 3. The summed E-state index contributed by atoms with van der Waals surface area (Å²) in [6, 6.07) is 5.12. The predicted molar refractivity (Wildman–Crippen MR) is 109 cm³/mol. The van der Waals surface area contributed by atoms with E-state index >= 15 is 0 Å². The second-order valence-electron chi connectivity index (χ2n) is 7.68. The first kappa shape index (κ1) is 19.1. The second-order valence-corrected chi connectivity index (χ2v) is 10.6. The Balaban J connectivity index is 1.63. The SMILES string of the molecule is Cn1c(=O)sc2cc(S(=O)(=O)N3CCCC[C@@H]3CN3CCCCC3)ccc21. The van der Waals surface area contributed by atoms with Crippen molar-refractivity contribution in [3.05, 3.63) is 27.9 Å². The van der Waals surface area contributed by atoms with E-state index in [1.807, 2.05) is 0 Å². The van der Waals surface area contributed by atoms with E-state index in [1.165, 1.54) is 19.3 Å². The molecule has 2 saturated heterocycles. The van der Waals surface area contributed by atoms with Crippen molar-refractivity contribution in [1.29, 1.82) is 0 Å². The van der Waals surface area contributed by atoms with Crippen molar-refractivity contribution < 1.29 is 8.42 Å². The first-order valence-corrected chi connectivity index (χ1v) is 12.1. The van der Waals surface area contributed by atoms with Gasteiger partial charge in [-0.25, -0.2) is 8.42 Å². The minimum atomic E-state index is -3.55. The van der Waals surface area contributed by atoms with Crippen molar-refractivity contribution in [1.82, 2.24) is 13.8 Å². The smallest absolute Gasteiger partial charge is 0.302 e. The summed E-state index contributed by atoms with van der Waals surface area (Å²) in [7, 11) is -1.84. The third-order valence-electron chi connectivity index (χ3n) is 5.86. The zero-order valence-corrected chi connectivity index (χ0v) is 17.4. The molecule has 1 aromatic heterocycles. The number of aryl methyl sites for hydroxylation is 1. The summed E-state index contributed by atoms with van der Waals surface area (Å²) >= 11 is 1.10. The number of aromatic nitrogens is 1. The first-order chi connectivity index (χ1) is 13.0. The standard InChI is InChI=1S/C19H27N3O3S2/c1-20-17-9-8-16(13-18(17)26-19(20)23)27(24,25)22-12-6-3-7-15(22)14-21-10-4-2-5-11-21/h8-9,13,15H,2-7,10-12,14H2,1H3/t15-/m1/s1. The quantitative estimate of drug-likeness (QED) is 0.779. The maximum absolute atomic E-state index is 13.4. The van der Waals surface area contributed by atoms with E-state index in [0.29, 0.717) is 11.4 Å². The fourth-order valence-electron chi connectivity index (χ4n) is 4.32. The average molecular weight is 410 g/mol. The number of thiazole rings is 1. The molecule has 0 unspecified atom stereocenters. The Labute approximate surface area is 164 Å². The predicted octanol–water partition coefficient (Wildman–Crippen LogP) is 2.63. The van der Waals surface area contributed by atoms with Crippen molar-refractivity contribution >= 4 is 31.6 Å². The molecule has 0 bridgehead atoms. The van der Waals surface area contributed by atoms with Crippen LogP contribution in [0.5, 0.6) is 0 Å². The van der Waals surface area contributed by atoms with Crippen LogP contribution in [0.15, 0.2) is 27.9 Å². The Morgan fingerprint density at radius 1 is 1.07 bits per heavy atom. The molecular formula is C19H27N3O3S2. The highest BCUT2D eigenvalue weighted by Gasteiger charge is 2.34. The summed E-state index contributed by atoms with van der Waals surface area (Å²) in [5.41, 5.74) is 0.785. The van der Waals surface area contributed by atoms with Gasteiger partial charge in [0, 0.05) is 26.2 Å². The number of sulfonamides is 1. The van der Waals surface area contributed by atoms with E-state index in [1.54, 1.807) is 34.1 Å². The number of hydrogen-bond donors (Lipinski definition) is 0. The van der Waals surface area contributed by atoms with E-state index in [4.69, 9.17) is 0 Å². The van der Waals surface area contributed by atoms with E-state index in [-0.39, 0.29) is 10.9 Å². The third-order valence-corrected chi connectivity index (χ3v) is 8.80. The van der Waals surface area contributed by atoms with Crippen molar-refractivity contribution in [2.45, 2.75) is 49.5 Å². The van der Waals surface area contributed by atoms with Crippen molar-refractivity contribution in [3.63, 3.8) is 0 Å². The fourth-order valence-corrected chi connectivity index (χ4v) is 7.03. The molecule has 2 aromatic rings. The fraction of sp³-hybridized carbons (Fsp3) is 0.632. The first-order valence-electron chi connectivity index (χ1n) is 9.80. The maximum Gasteiger partial charge on any atom is 0.307 e. The summed E-state index contributed by atoms with van der Waals surface area (Å²) in [6.07, 6.45) is 6.63. The molecule has 2 aliphatic heterocycles. The molecule has 1 aromatic carbocycles. The van der Waals surface area contributed by atoms with Crippen LogP contribution in [-0.2, 0) is 17.1 Å². The summed E-state index contributed by atoms with van der Waals surface area (Å²) < 4.78 is 30.8. The van der Waals surface area contributed by atoms with Crippen molar-refractivity contribution in [3.8, 4) is 0 Å². The highest BCUT2D eigenvalue weighted by atomic mass is 32.2. The van der Waals surface area contributed by atoms with Gasteiger partial charge < -0.3 is 9.47 Å². The van der Waals surface area contributed by atoms with Gasteiger partial charge in [-0.05, 0) is 57.0 Å².